The Hall–Kier alpha value is -2.81. The average molecular weight is 425 g/mol. The first-order valence-corrected chi connectivity index (χ1v) is 9.67. The van der Waals surface area contributed by atoms with Crippen LogP contribution in [0.2, 0.25) is 0 Å². The van der Waals surface area contributed by atoms with Gasteiger partial charge in [0.25, 0.3) is 0 Å². The second-order valence-corrected chi connectivity index (χ2v) is 6.66. The van der Waals surface area contributed by atoms with Gasteiger partial charge >= 0.3 is 0 Å². The zero-order valence-electron chi connectivity index (χ0n) is 17.3. The molecule has 0 saturated heterocycles. The van der Waals surface area contributed by atoms with Crippen LogP contribution in [0.15, 0.2) is 34.9 Å². The number of pyridine rings is 1. The van der Waals surface area contributed by atoms with E-state index < -0.39 is 18.2 Å². The molecule has 2 heterocycles. The first-order chi connectivity index (χ1) is 14.3. The average Bonchev–Trinajstić information content (AvgIpc) is 3.09. The molecular formula is C21H26F3N3O3. The van der Waals surface area contributed by atoms with Crippen molar-refractivity contribution < 1.29 is 27.1 Å². The molecule has 2 N–H and O–H groups in total. The van der Waals surface area contributed by atoms with Gasteiger partial charge in [-0.1, -0.05) is 20.3 Å². The van der Waals surface area contributed by atoms with Crippen LogP contribution in [0.3, 0.4) is 0 Å². The molecule has 6 nitrogen and oxygen atoms in total. The number of hydrogen-bond acceptors (Lipinski definition) is 6. The largest absolute Gasteiger partial charge is 0.493 e. The van der Waals surface area contributed by atoms with Gasteiger partial charge in [0.15, 0.2) is 17.1 Å². The summed E-state index contributed by atoms with van der Waals surface area (Å²) in [4.78, 5) is 8.17. The number of fused-ring (bicyclic) bond motifs is 1. The fraction of sp³-hybridized carbons (Fsp3) is 0.429. The summed E-state index contributed by atoms with van der Waals surface area (Å²) >= 11 is 0. The van der Waals surface area contributed by atoms with Gasteiger partial charge in [0.05, 0.1) is 12.8 Å². The van der Waals surface area contributed by atoms with E-state index in [2.05, 4.69) is 23.8 Å². The van der Waals surface area contributed by atoms with Gasteiger partial charge in [0, 0.05) is 25.1 Å². The first kappa shape index (κ1) is 23.5. The number of rotatable bonds is 8. The number of alkyl halides is 2. The molecule has 0 saturated carbocycles. The van der Waals surface area contributed by atoms with Crippen molar-refractivity contribution >= 4 is 11.1 Å². The Morgan fingerprint density at radius 2 is 1.80 bits per heavy atom. The normalized spacial score (nSPS) is 11.2. The van der Waals surface area contributed by atoms with Gasteiger partial charge < -0.3 is 19.6 Å². The second-order valence-electron chi connectivity index (χ2n) is 6.66. The molecule has 2 aromatic heterocycles. The van der Waals surface area contributed by atoms with Gasteiger partial charge in [-0.3, -0.25) is 0 Å². The minimum Gasteiger partial charge on any atom is -0.493 e. The van der Waals surface area contributed by atoms with Crippen molar-refractivity contribution in [2.75, 3.05) is 19.8 Å². The molecule has 0 spiro atoms. The zero-order valence-corrected chi connectivity index (χ0v) is 17.3. The summed E-state index contributed by atoms with van der Waals surface area (Å²) < 4.78 is 56.0. The lowest BCUT2D eigenvalue weighted by Crippen LogP contribution is -2.14. The molecule has 0 fully saturated rings. The minimum absolute atomic E-state index is 0.00915. The Balaban J connectivity index is 0.00000101. The van der Waals surface area contributed by atoms with E-state index in [9.17, 15) is 13.2 Å². The van der Waals surface area contributed by atoms with E-state index in [4.69, 9.17) is 19.6 Å². The van der Waals surface area contributed by atoms with E-state index in [0.717, 1.165) is 6.92 Å². The van der Waals surface area contributed by atoms with Crippen LogP contribution in [0.1, 0.15) is 33.6 Å². The highest BCUT2D eigenvalue weighted by Gasteiger charge is 2.21. The van der Waals surface area contributed by atoms with Crippen molar-refractivity contribution in [2.24, 2.45) is 5.73 Å². The monoisotopic (exact) mass is 425 g/mol. The molecular weight excluding hydrogens is 399 g/mol. The zero-order chi connectivity index (χ0) is 22.1. The van der Waals surface area contributed by atoms with Crippen molar-refractivity contribution in [3.05, 3.63) is 36.3 Å². The van der Waals surface area contributed by atoms with E-state index in [-0.39, 0.29) is 30.5 Å². The van der Waals surface area contributed by atoms with E-state index in [1.165, 1.54) is 24.8 Å². The number of oxazole rings is 1. The molecule has 3 aromatic rings. The summed E-state index contributed by atoms with van der Waals surface area (Å²) in [5.41, 5.74) is 6.05. The number of aromatic nitrogens is 2. The summed E-state index contributed by atoms with van der Waals surface area (Å²) in [6.45, 7) is 5.48. The lowest BCUT2D eigenvalue weighted by molar-refractivity contribution is 0.000873. The molecule has 9 heteroatoms. The Kier molecular flexibility index (Phi) is 8.46. The standard InChI is InChI=1S/C18H18F3N3O3.C3H8/c1-18(20,21)4-6-25-11-2-3-14-15(9-11)27-17(24-14)16-13(19)8-12(10-23-16)26-7-5-22;1-3-2/h2-3,8-10H,4-7,22H2,1H3;3H2,1-2H3. The molecule has 0 bridgehead atoms. The Morgan fingerprint density at radius 1 is 1.10 bits per heavy atom. The number of hydrogen-bond donors (Lipinski definition) is 1. The minimum atomic E-state index is -2.80. The number of ether oxygens (including phenoxy) is 2. The highest BCUT2D eigenvalue weighted by atomic mass is 19.3. The number of nitrogens with zero attached hydrogens (tertiary/aromatic N) is 2. The quantitative estimate of drug-likeness (QED) is 0.534. The van der Waals surface area contributed by atoms with Crippen molar-refractivity contribution in [1.29, 1.82) is 0 Å². The predicted molar refractivity (Wildman–Crippen MR) is 108 cm³/mol. The third-order valence-electron chi connectivity index (χ3n) is 3.57. The molecule has 0 unspecified atom stereocenters. The Bertz CT molecular complexity index is 942. The van der Waals surface area contributed by atoms with Crippen LogP contribution >= 0.6 is 0 Å². The maximum absolute atomic E-state index is 14.3. The van der Waals surface area contributed by atoms with Gasteiger partial charge in [-0.25, -0.2) is 23.1 Å². The Morgan fingerprint density at radius 3 is 2.43 bits per heavy atom. The predicted octanol–water partition coefficient (Wildman–Crippen LogP) is 5.21. The number of benzene rings is 1. The van der Waals surface area contributed by atoms with Crippen LogP contribution in [0.5, 0.6) is 11.5 Å². The van der Waals surface area contributed by atoms with Crippen LogP contribution in [-0.2, 0) is 0 Å². The fourth-order valence-electron chi connectivity index (χ4n) is 2.28. The molecule has 0 amide bonds. The molecule has 0 aliphatic rings. The summed E-state index contributed by atoms with van der Waals surface area (Å²) in [5.74, 6) is -2.86. The van der Waals surface area contributed by atoms with Gasteiger partial charge in [0.2, 0.25) is 11.8 Å². The van der Waals surface area contributed by atoms with Crippen LogP contribution in [0.4, 0.5) is 13.2 Å². The van der Waals surface area contributed by atoms with Gasteiger partial charge in [-0.05, 0) is 19.1 Å². The third-order valence-corrected chi connectivity index (χ3v) is 3.57. The molecule has 0 atom stereocenters. The SMILES string of the molecule is CC(F)(F)CCOc1ccc2nc(-c3ncc(OCCN)cc3F)oc2c1.CCC. The molecule has 30 heavy (non-hydrogen) atoms. The third kappa shape index (κ3) is 6.91. The first-order valence-electron chi connectivity index (χ1n) is 9.67. The lowest BCUT2D eigenvalue weighted by atomic mass is 10.3. The van der Waals surface area contributed by atoms with Crippen LogP contribution in [0.25, 0.3) is 22.7 Å². The lowest BCUT2D eigenvalue weighted by Gasteiger charge is -2.10. The molecule has 164 valence electrons. The van der Waals surface area contributed by atoms with E-state index in [1.54, 1.807) is 12.1 Å². The number of halogens is 3. The summed E-state index contributed by atoms with van der Waals surface area (Å²) in [6.07, 6.45) is 2.20. The van der Waals surface area contributed by atoms with E-state index >= 15 is 0 Å². The summed E-state index contributed by atoms with van der Waals surface area (Å²) in [6, 6.07) is 5.86. The Labute approximate surface area is 173 Å². The van der Waals surface area contributed by atoms with Gasteiger partial charge in [-0.15, -0.1) is 0 Å². The summed E-state index contributed by atoms with van der Waals surface area (Å²) in [5, 5.41) is 0. The smallest absolute Gasteiger partial charge is 0.249 e. The van der Waals surface area contributed by atoms with E-state index in [1.807, 2.05) is 0 Å². The molecule has 0 aliphatic carbocycles. The molecule has 0 aliphatic heterocycles. The molecule has 0 radical (unpaired) electrons. The van der Waals surface area contributed by atoms with Crippen molar-refractivity contribution in [3.63, 3.8) is 0 Å². The van der Waals surface area contributed by atoms with Crippen molar-refractivity contribution in [2.45, 2.75) is 39.5 Å². The van der Waals surface area contributed by atoms with Crippen LogP contribution in [-0.4, -0.2) is 35.6 Å². The fourth-order valence-corrected chi connectivity index (χ4v) is 2.28. The topological polar surface area (TPSA) is 83.4 Å². The maximum Gasteiger partial charge on any atom is 0.249 e. The second kappa shape index (κ2) is 10.8. The van der Waals surface area contributed by atoms with Gasteiger partial charge in [-0.2, -0.15) is 0 Å². The molecule has 3 rings (SSSR count). The molecule has 1 aromatic carbocycles. The van der Waals surface area contributed by atoms with Gasteiger partial charge in [0.1, 0.15) is 23.6 Å². The maximum atomic E-state index is 14.3. The highest BCUT2D eigenvalue weighted by Crippen LogP contribution is 2.29. The van der Waals surface area contributed by atoms with Crippen LogP contribution in [0, 0.1) is 5.82 Å². The van der Waals surface area contributed by atoms with Crippen LogP contribution < -0.4 is 15.2 Å². The van der Waals surface area contributed by atoms with Crippen molar-refractivity contribution in [1.82, 2.24) is 9.97 Å². The highest BCUT2D eigenvalue weighted by molar-refractivity contribution is 5.77. The van der Waals surface area contributed by atoms with E-state index in [0.29, 0.717) is 23.4 Å². The van der Waals surface area contributed by atoms with Crippen molar-refractivity contribution in [3.8, 4) is 23.1 Å². The summed E-state index contributed by atoms with van der Waals surface area (Å²) in [7, 11) is 0. The number of nitrogens with two attached hydrogens (primary N) is 1.